The van der Waals surface area contributed by atoms with Gasteiger partial charge in [0.15, 0.2) is 0 Å². The molecule has 6 nitrogen and oxygen atoms in total. The Hall–Kier alpha value is -1.63. The molecule has 1 heterocycles. The third-order valence-electron chi connectivity index (χ3n) is 4.83. The molecule has 1 aliphatic rings. The maximum Gasteiger partial charge on any atom is 0.251 e. The van der Waals surface area contributed by atoms with Gasteiger partial charge in [-0.2, -0.15) is 0 Å². The lowest BCUT2D eigenvalue weighted by atomic mass is 9.98. The smallest absolute Gasteiger partial charge is 0.251 e. The number of amides is 2. The minimum absolute atomic E-state index is 0.0467. The van der Waals surface area contributed by atoms with E-state index in [9.17, 15) is 9.59 Å². The van der Waals surface area contributed by atoms with E-state index in [1.807, 2.05) is 13.8 Å². The zero-order valence-corrected chi connectivity index (χ0v) is 16.3. The minimum atomic E-state index is -0.550. The molecule has 0 saturated carbocycles. The van der Waals surface area contributed by atoms with Crippen LogP contribution < -0.4 is 16.0 Å². The van der Waals surface area contributed by atoms with Crippen molar-refractivity contribution >= 4 is 23.4 Å². The number of rotatable bonds is 8. The van der Waals surface area contributed by atoms with Crippen LogP contribution in [0.3, 0.4) is 0 Å². The van der Waals surface area contributed by atoms with Gasteiger partial charge >= 0.3 is 0 Å². The summed E-state index contributed by atoms with van der Waals surface area (Å²) in [6, 6.07) is 6.11. The average molecular weight is 381 g/mol. The van der Waals surface area contributed by atoms with Crippen LogP contribution in [0.2, 0.25) is 5.02 Å². The second kappa shape index (κ2) is 10.5. The molecule has 1 aliphatic heterocycles. The van der Waals surface area contributed by atoms with E-state index < -0.39 is 6.04 Å². The number of nitrogens with one attached hydrogen (secondary N) is 3. The van der Waals surface area contributed by atoms with Crippen LogP contribution in [0.5, 0.6) is 0 Å². The summed E-state index contributed by atoms with van der Waals surface area (Å²) < 4.78 is 0. The van der Waals surface area contributed by atoms with Gasteiger partial charge in [0.2, 0.25) is 5.91 Å². The number of hydrogen-bond donors (Lipinski definition) is 3. The van der Waals surface area contributed by atoms with E-state index in [0.29, 0.717) is 17.1 Å². The predicted molar refractivity (Wildman–Crippen MR) is 104 cm³/mol. The standard InChI is InChI=1S/C19H29ClN4O2/c1-3-14(2)17(23-18(25)15-4-6-16(20)7-5-15)19(26)22-10-13-24-11-8-21-9-12-24/h4-7,14,17,21H,3,8-13H2,1-2H3,(H,22,26)(H,23,25). The fourth-order valence-corrected chi connectivity index (χ4v) is 3.04. The number of carbonyl (C=O) groups excluding carboxylic acids is 2. The van der Waals surface area contributed by atoms with Gasteiger partial charge < -0.3 is 16.0 Å². The summed E-state index contributed by atoms with van der Waals surface area (Å²) in [6.07, 6.45) is 0.802. The number of nitrogens with zero attached hydrogens (tertiary/aromatic N) is 1. The average Bonchev–Trinajstić information content (AvgIpc) is 2.66. The van der Waals surface area contributed by atoms with Gasteiger partial charge in [-0.25, -0.2) is 0 Å². The zero-order valence-electron chi connectivity index (χ0n) is 15.6. The Morgan fingerprint density at radius 1 is 1.23 bits per heavy atom. The summed E-state index contributed by atoms with van der Waals surface area (Å²) in [7, 11) is 0. The van der Waals surface area contributed by atoms with Gasteiger partial charge in [-0.3, -0.25) is 14.5 Å². The Bertz CT molecular complexity index is 588. The minimum Gasteiger partial charge on any atom is -0.353 e. The summed E-state index contributed by atoms with van der Waals surface area (Å²) in [6.45, 7) is 9.37. The second-order valence-corrected chi connectivity index (χ2v) is 7.16. The monoisotopic (exact) mass is 380 g/mol. The van der Waals surface area contributed by atoms with E-state index in [2.05, 4.69) is 20.9 Å². The van der Waals surface area contributed by atoms with Crippen LogP contribution in [-0.4, -0.2) is 62.0 Å². The van der Waals surface area contributed by atoms with Crippen molar-refractivity contribution in [3.05, 3.63) is 34.9 Å². The largest absolute Gasteiger partial charge is 0.353 e. The van der Waals surface area contributed by atoms with Crippen molar-refractivity contribution in [3.8, 4) is 0 Å². The first-order chi connectivity index (χ1) is 12.5. The molecule has 2 atom stereocenters. The molecule has 7 heteroatoms. The van der Waals surface area contributed by atoms with Gasteiger partial charge in [0.05, 0.1) is 0 Å². The molecule has 0 spiro atoms. The molecular weight excluding hydrogens is 352 g/mol. The van der Waals surface area contributed by atoms with Gasteiger partial charge in [-0.15, -0.1) is 0 Å². The first kappa shape index (κ1) is 20.7. The molecule has 0 aliphatic carbocycles. The summed E-state index contributed by atoms with van der Waals surface area (Å²) in [5.41, 5.74) is 0.497. The highest BCUT2D eigenvalue weighted by Crippen LogP contribution is 2.12. The van der Waals surface area contributed by atoms with Gasteiger partial charge in [0.1, 0.15) is 6.04 Å². The highest BCUT2D eigenvalue weighted by atomic mass is 35.5. The van der Waals surface area contributed by atoms with Crippen LogP contribution in [0.25, 0.3) is 0 Å². The summed E-state index contributed by atoms with van der Waals surface area (Å²) in [4.78, 5) is 27.4. The molecule has 1 fully saturated rings. The van der Waals surface area contributed by atoms with Crippen LogP contribution in [0.4, 0.5) is 0 Å². The summed E-state index contributed by atoms with van der Waals surface area (Å²) >= 11 is 5.86. The van der Waals surface area contributed by atoms with Crippen molar-refractivity contribution in [2.45, 2.75) is 26.3 Å². The fraction of sp³-hybridized carbons (Fsp3) is 0.579. The van der Waals surface area contributed by atoms with E-state index in [-0.39, 0.29) is 17.7 Å². The van der Waals surface area contributed by atoms with Crippen molar-refractivity contribution in [2.24, 2.45) is 5.92 Å². The van der Waals surface area contributed by atoms with Crippen molar-refractivity contribution in [1.29, 1.82) is 0 Å². The molecule has 2 amide bonds. The number of hydrogen-bond acceptors (Lipinski definition) is 4. The Labute approximate surface area is 160 Å². The molecule has 0 radical (unpaired) electrons. The van der Waals surface area contributed by atoms with Gasteiger partial charge in [0.25, 0.3) is 5.91 Å². The Kier molecular flexibility index (Phi) is 8.35. The highest BCUT2D eigenvalue weighted by Gasteiger charge is 2.26. The van der Waals surface area contributed by atoms with Crippen molar-refractivity contribution < 1.29 is 9.59 Å². The van der Waals surface area contributed by atoms with Gasteiger partial charge in [0, 0.05) is 49.9 Å². The van der Waals surface area contributed by atoms with Crippen LogP contribution in [0.1, 0.15) is 30.6 Å². The molecule has 3 N–H and O–H groups in total. The first-order valence-corrected chi connectivity index (χ1v) is 9.66. The van der Waals surface area contributed by atoms with E-state index >= 15 is 0 Å². The molecule has 144 valence electrons. The van der Waals surface area contributed by atoms with Crippen LogP contribution >= 0.6 is 11.6 Å². The Morgan fingerprint density at radius 3 is 2.50 bits per heavy atom. The predicted octanol–water partition coefficient (Wildman–Crippen LogP) is 1.51. The molecule has 2 unspecified atom stereocenters. The van der Waals surface area contributed by atoms with E-state index in [0.717, 1.165) is 39.1 Å². The zero-order chi connectivity index (χ0) is 18.9. The SMILES string of the molecule is CCC(C)C(NC(=O)c1ccc(Cl)cc1)C(=O)NCCN1CCNCC1. The lowest BCUT2D eigenvalue weighted by Gasteiger charge is -2.28. The molecule has 0 bridgehead atoms. The number of halogens is 1. The molecule has 0 aromatic heterocycles. The molecule has 2 rings (SSSR count). The third kappa shape index (κ3) is 6.27. The lowest BCUT2D eigenvalue weighted by Crippen LogP contribution is -2.52. The highest BCUT2D eigenvalue weighted by molar-refractivity contribution is 6.30. The summed E-state index contributed by atoms with van der Waals surface area (Å²) in [5.74, 6) is -0.341. The quantitative estimate of drug-likeness (QED) is 0.639. The maximum absolute atomic E-state index is 12.6. The fourth-order valence-electron chi connectivity index (χ4n) is 2.91. The van der Waals surface area contributed by atoms with E-state index in [1.54, 1.807) is 24.3 Å². The van der Waals surface area contributed by atoms with E-state index in [1.165, 1.54) is 0 Å². The maximum atomic E-state index is 12.6. The molecule has 26 heavy (non-hydrogen) atoms. The Morgan fingerprint density at radius 2 is 1.88 bits per heavy atom. The molecule has 1 aromatic rings. The number of benzene rings is 1. The van der Waals surface area contributed by atoms with Crippen molar-refractivity contribution in [2.75, 3.05) is 39.3 Å². The summed E-state index contributed by atoms with van der Waals surface area (Å²) in [5, 5.41) is 9.73. The first-order valence-electron chi connectivity index (χ1n) is 9.28. The third-order valence-corrected chi connectivity index (χ3v) is 5.08. The number of piperazine rings is 1. The van der Waals surface area contributed by atoms with Crippen LogP contribution in [0, 0.1) is 5.92 Å². The van der Waals surface area contributed by atoms with Gasteiger partial charge in [-0.05, 0) is 30.2 Å². The Balaban J connectivity index is 1.89. The molecule has 1 aromatic carbocycles. The lowest BCUT2D eigenvalue weighted by molar-refractivity contribution is -0.124. The molecular formula is C19H29ClN4O2. The van der Waals surface area contributed by atoms with Crippen LogP contribution in [0.15, 0.2) is 24.3 Å². The van der Waals surface area contributed by atoms with Gasteiger partial charge in [-0.1, -0.05) is 31.9 Å². The molecule has 1 saturated heterocycles. The van der Waals surface area contributed by atoms with Crippen LogP contribution in [-0.2, 0) is 4.79 Å². The van der Waals surface area contributed by atoms with Crippen molar-refractivity contribution in [1.82, 2.24) is 20.9 Å². The number of carbonyl (C=O) groups is 2. The van der Waals surface area contributed by atoms with E-state index in [4.69, 9.17) is 11.6 Å². The topological polar surface area (TPSA) is 73.5 Å². The second-order valence-electron chi connectivity index (χ2n) is 6.73. The normalized spacial score (nSPS) is 17.3. The van der Waals surface area contributed by atoms with Crippen molar-refractivity contribution in [3.63, 3.8) is 0 Å².